The number of amides is 4. The van der Waals surface area contributed by atoms with Gasteiger partial charge in [0.25, 0.3) is 0 Å². The van der Waals surface area contributed by atoms with Crippen LogP contribution in [-0.2, 0) is 19.2 Å². The van der Waals surface area contributed by atoms with Gasteiger partial charge in [0.15, 0.2) is 0 Å². The maximum absolute atomic E-state index is 14.9. The summed E-state index contributed by atoms with van der Waals surface area (Å²) in [6.45, 7) is 17.2. The molecule has 6 rings (SSSR count). The van der Waals surface area contributed by atoms with Gasteiger partial charge in [0.1, 0.15) is 18.1 Å². The Morgan fingerprint density at radius 3 is 2.11 bits per heavy atom. The molecule has 7 atom stereocenters. The molecule has 4 aliphatic carbocycles. The third-order valence-corrected chi connectivity index (χ3v) is 14.3. The highest BCUT2D eigenvalue weighted by atomic mass is 16.2. The minimum absolute atomic E-state index is 0.0308. The minimum Gasteiger partial charge on any atom is -0.351 e. The van der Waals surface area contributed by atoms with E-state index in [0.717, 1.165) is 83.7 Å². The lowest BCUT2D eigenvalue weighted by atomic mass is 9.73. The van der Waals surface area contributed by atoms with Gasteiger partial charge in [-0.1, -0.05) is 80.6 Å². The van der Waals surface area contributed by atoms with Crippen LogP contribution in [0.2, 0.25) is 0 Å². The van der Waals surface area contributed by atoms with E-state index in [-0.39, 0.29) is 57.9 Å². The Morgan fingerprint density at radius 2 is 1.55 bits per heavy atom. The van der Waals surface area contributed by atoms with E-state index >= 15 is 0 Å². The van der Waals surface area contributed by atoms with Crippen LogP contribution in [-0.4, -0.2) is 83.3 Å². The minimum atomic E-state index is -0.814. The molecule has 3 N–H and O–H groups in total. The van der Waals surface area contributed by atoms with E-state index in [2.05, 4.69) is 48.5 Å². The Balaban J connectivity index is 1.24. The number of carbonyl (C=O) groups excluding carboxylic acids is 4. The quantitative estimate of drug-likeness (QED) is 0.315. The van der Waals surface area contributed by atoms with Crippen LogP contribution in [0.3, 0.4) is 0 Å². The molecule has 2 saturated heterocycles. The second-order valence-corrected chi connectivity index (χ2v) is 17.8. The first-order valence-electron chi connectivity index (χ1n) is 19.2. The Bertz CT molecular complexity index is 1230. The van der Waals surface area contributed by atoms with Gasteiger partial charge < -0.3 is 20.9 Å². The van der Waals surface area contributed by atoms with Gasteiger partial charge in [-0.3, -0.25) is 24.1 Å². The summed E-state index contributed by atoms with van der Waals surface area (Å²) < 4.78 is 0. The molecule has 47 heavy (non-hydrogen) atoms. The second-order valence-electron chi connectivity index (χ2n) is 17.8. The zero-order valence-electron chi connectivity index (χ0n) is 30.4. The number of nitrogens with one attached hydrogen (secondary N) is 3. The fourth-order valence-electron chi connectivity index (χ4n) is 10.9. The maximum atomic E-state index is 14.9. The van der Waals surface area contributed by atoms with Crippen molar-refractivity contribution < 1.29 is 19.2 Å². The SMILES string of the molecule is CCC1CC1NC(=O)C1CC2(CN1C(=O)C(NC(=O)C(NC(=O)C1CCCN1CC)C1CCCCC1)C(C)(C)C)C(C)(C)C21CCC1. The molecule has 0 aromatic carbocycles. The van der Waals surface area contributed by atoms with Crippen molar-refractivity contribution in [3.05, 3.63) is 0 Å². The fourth-order valence-corrected chi connectivity index (χ4v) is 10.9. The number of likely N-dealkylation sites (tertiary alicyclic amines) is 2. The normalized spacial score (nSPS) is 34.1. The average molecular weight is 654 g/mol. The number of likely N-dealkylation sites (N-methyl/N-ethyl adjacent to an activating group) is 1. The van der Waals surface area contributed by atoms with Gasteiger partial charge in [-0.05, 0) is 92.5 Å². The lowest BCUT2D eigenvalue weighted by molar-refractivity contribution is -0.145. The monoisotopic (exact) mass is 653 g/mol. The van der Waals surface area contributed by atoms with Gasteiger partial charge in [0, 0.05) is 18.0 Å². The number of nitrogens with zero attached hydrogens (tertiary/aromatic N) is 2. The van der Waals surface area contributed by atoms with E-state index in [1.807, 2.05) is 25.7 Å². The Morgan fingerprint density at radius 1 is 0.851 bits per heavy atom. The molecule has 2 spiro atoms. The van der Waals surface area contributed by atoms with Crippen LogP contribution in [0.5, 0.6) is 0 Å². The predicted molar refractivity (Wildman–Crippen MR) is 183 cm³/mol. The van der Waals surface area contributed by atoms with Crippen molar-refractivity contribution in [2.45, 2.75) is 162 Å². The summed E-state index contributed by atoms with van der Waals surface area (Å²) in [7, 11) is 0. The molecule has 2 aliphatic heterocycles. The van der Waals surface area contributed by atoms with Crippen molar-refractivity contribution in [3.8, 4) is 0 Å². The molecule has 0 radical (unpaired) electrons. The van der Waals surface area contributed by atoms with E-state index in [1.165, 1.54) is 6.42 Å². The zero-order valence-corrected chi connectivity index (χ0v) is 30.4. The number of fused-ring (bicyclic) bond motifs is 1. The van der Waals surface area contributed by atoms with Crippen LogP contribution >= 0.6 is 0 Å². The average Bonchev–Trinajstić information content (AvgIpc) is 3.59. The predicted octanol–water partition coefficient (Wildman–Crippen LogP) is 4.78. The summed E-state index contributed by atoms with van der Waals surface area (Å²) in [5.74, 6) is 0.0427. The van der Waals surface area contributed by atoms with E-state index in [1.54, 1.807) is 0 Å². The Labute approximate surface area is 283 Å². The molecule has 0 bridgehead atoms. The summed E-state index contributed by atoms with van der Waals surface area (Å²) >= 11 is 0. The lowest BCUT2D eigenvalue weighted by Gasteiger charge is -2.38. The number of hydrogen-bond donors (Lipinski definition) is 3. The largest absolute Gasteiger partial charge is 0.351 e. The first-order valence-corrected chi connectivity index (χ1v) is 19.2. The third-order valence-electron chi connectivity index (χ3n) is 14.3. The maximum Gasteiger partial charge on any atom is 0.246 e. The molecule has 6 fully saturated rings. The van der Waals surface area contributed by atoms with Crippen LogP contribution in [0.4, 0.5) is 0 Å². The van der Waals surface area contributed by atoms with E-state index in [0.29, 0.717) is 18.9 Å². The van der Waals surface area contributed by atoms with Crippen LogP contribution in [0.1, 0.15) is 132 Å². The van der Waals surface area contributed by atoms with Crippen molar-refractivity contribution in [3.63, 3.8) is 0 Å². The first kappa shape index (κ1) is 34.7. The second kappa shape index (κ2) is 12.6. The Kier molecular flexibility index (Phi) is 9.32. The van der Waals surface area contributed by atoms with E-state index in [4.69, 9.17) is 0 Å². The smallest absolute Gasteiger partial charge is 0.246 e. The molecule has 9 nitrogen and oxygen atoms in total. The molecular weight excluding hydrogens is 590 g/mol. The van der Waals surface area contributed by atoms with Crippen LogP contribution in [0.15, 0.2) is 0 Å². The molecule has 264 valence electrons. The molecule has 0 aromatic heterocycles. The zero-order chi connectivity index (χ0) is 33.9. The molecule has 9 heteroatoms. The molecule has 4 amide bonds. The van der Waals surface area contributed by atoms with Gasteiger partial charge in [-0.25, -0.2) is 0 Å². The number of hydrogen-bond acceptors (Lipinski definition) is 5. The highest BCUT2D eigenvalue weighted by Gasteiger charge is 2.85. The van der Waals surface area contributed by atoms with E-state index in [9.17, 15) is 19.2 Å². The van der Waals surface area contributed by atoms with Gasteiger partial charge >= 0.3 is 0 Å². The van der Waals surface area contributed by atoms with Gasteiger partial charge in [0.2, 0.25) is 23.6 Å². The number of rotatable bonds is 10. The Hall–Kier alpha value is -2.16. The van der Waals surface area contributed by atoms with Crippen molar-refractivity contribution >= 4 is 23.6 Å². The molecular formula is C38H63N5O4. The third kappa shape index (κ3) is 5.82. The van der Waals surface area contributed by atoms with Gasteiger partial charge in [-0.2, -0.15) is 0 Å². The summed E-state index contributed by atoms with van der Waals surface area (Å²) in [4.78, 5) is 60.9. The van der Waals surface area contributed by atoms with Crippen LogP contribution in [0.25, 0.3) is 0 Å². The van der Waals surface area contributed by atoms with Crippen molar-refractivity contribution in [1.82, 2.24) is 25.8 Å². The number of carbonyl (C=O) groups is 4. The molecule has 2 heterocycles. The summed E-state index contributed by atoms with van der Waals surface area (Å²) in [6, 6.07) is -2.03. The summed E-state index contributed by atoms with van der Waals surface area (Å²) in [5, 5.41) is 9.71. The standard InChI is InChI=1S/C38H63N5O4/c1-8-24-21-26(24)39-32(45)28-22-38(36(6,7)37(38)18-14-19-37)23-43(28)34(47)30(35(3,4)5)41-33(46)29(25-15-11-10-12-16-25)40-31(44)27-17-13-20-42(27)9-2/h24-30H,8-23H2,1-7H3,(H,39,45)(H,40,44)(H,41,46). The molecule has 7 unspecified atom stereocenters. The first-order chi connectivity index (χ1) is 22.2. The van der Waals surface area contributed by atoms with Crippen LogP contribution in [0, 0.1) is 33.5 Å². The van der Waals surface area contributed by atoms with Crippen molar-refractivity contribution in [2.75, 3.05) is 19.6 Å². The topological polar surface area (TPSA) is 111 Å². The molecule has 4 saturated carbocycles. The summed E-state index contributed by atoms with van der Waals surface area (Å²) in [6.07, 6.45) is 13.1. The lowest BCUT2D eigenvalue weighted by Crippen LogP contribution is -2.62. The highest BCUT2D eigenvalue weighted by molar-refractivity contribution is 5.96. The molecule has 0 aromatic rings. The molecule has 6 aliphatic rings. The van der Waals surface area contributed by atoms with Gasteiger partial charge in [-0.15, -0.1) is 0 Å². The van der Waals surface area contributed by atoms with Crippen molar-refractivity contribution in [2.24, 2.45) is 33.5 Å². The van der Waals surface area contributed by atoms with Gasteiger partial charge in [0.05, 0.1) is 6.04 Å². The fraction of sp³-hybridized carbons (Fsp3) is 0.895. The van der Waals surface area contributed by atoms with Crippen LogP contribution < -0.4 is 16.0 Å². The summed E-state index contributed by atoms with van der Waals surface area (Å²) in [5.41, 5.74) is -0.392. The van der Waals surface area contributed by atoms with Crippen molar-refractivity contribution in [1.29, 1.82) is 0 Å². The highest BCUT2D eigenvalue weighted by Crippen LogP contribution is 2.88. The van der Waals surface area contributed by atoms with E-state index < -0.39 is 23.5 Å².